The molecule has 0 saturated carbocycles. The van der Waals surface area contributed by atoms with Crippen molar-refractivity contribution < 1.29 is 9.90 Å². The van der Waals surface area contributed by atoms with Crippen molar-refractivity contribution in [1.82, 2.24) is 0 Å². The number of aryl methyl sites for hydroxylation is 1. The Morgan fingerprint density at radius 3 is 2.50 bits per heavy atom. The molecule has 0 unspecified atom stereocenters. The third-order valence-electron chi connectivity index (χ3n) is 3.16. The summed E-state index contributed by atoms with van der Waals surface area (Å²) in [4.78, 5) is 12.3. The van der Waals surface area contributed by atoms with E-state index in [-0.39, 0.29) is 11.3 Å². The predicted octanol–water partition coefficient (Wildman–Crippen LogP) is 5.42. The van der Waals surface area contributed by atoms with Gasteiger partial charge in [-0.25, -0.2) is 0 Å². The first-order valence-corrected chi connectivity index (χ1v) is 8.65. The first kappa shape index (κ1) is 18.5. The fourth-order valence-electron chi connectivity index (χ4n) is 1.90. The van der Waals surface area contributed by atoms with Gasteiger partial charge >= 0.3 is 0 Å². The predicted molar refractivity (Wildman–Crippen MR) is 102 cm³/mol. The average Bonchev–Trinajstić information content (AvgIpc) is 2.53. The monoisotopic (exact) mass is 468 g/mol. The van der Waals surface area contributed by atoms with Gasteiger partial charge < -0.3 is 10.4 Å². The molecule has 7 heteroatoms. The largest absolute Gasteiger partial charge is 0.506 e. The molecule has 0 bridgehead atoms. The maximum atomic E-state index is 12.3. The Labute approximate surface area is 161 Å². The lowest BCUT2D eigenvalue weighted by atomic mass is 10.1. The van der Waals surface area contributed by atoms with Crippen LogP contribution in [0.15, 0.2) is 44.9 Å². The highest BCUT2D eigenvalue weighted by Gasteiger charge is 2.12. The minimum Gasteiger partial charge on any atom is -0.506 e. The van der Waals surface area contributed by atoms with Gasteiger partial charge in [-0.05, 0) is 80.3 Å². The van der Waals surface area contributed by atoms with Gasteiger partial charge in [0.15, 0.2) is 0 Å². The number of nitrogens with one attached hydrogen (secondary N) is 1. The Kier molecular flexibility index (Phi) is 6.05. The van der Waals surface area contributed by atoms with E-state index in [4.69, 9.17) is 11.6 Å². The number of hydrogen-bond donors (Lipinski definition) is 2. The van der Waals surface area contributed by atoms with Crippen LogP contribution in [0.4, 0.5) is 5.69 Å². The van der Waals surface area contributed by atoms with Gasteiger partial charge in [0, 0.05) is 10.7 Å². The van der Waals surface area contributed by atoms with Gasteiger partial charge in [-0.15, -0.1) is 0 Å². The van der Waals surface area contributed by atoms with Crippen LogP contribution in [-0.2, 0) is 4.79 Å². The lowest BCUT2D eigenvalue weighted by Crippen LogP contribution is -2.14. The number of nitriles is 1. The Morgan fingerprint density at radius 2 is 1.92 bits per heavy atom. The molecule has 0 saturated heterocycles. The van der Waals surface area contributed by atoms with Crippen LogP contribution in [0.1, 0.15) is 11.1 Å². The summed E-state index contributed by atoms with van der Waals surface area (Å²) < 4.78 is 0.901. The molecule has 122 valence electrons. The molecule has 0 radical (unpaired) electrons. The number of carbonyl (C=O) groups excluding carboxylic acids is 1. The number of rotatable bonds is 3. The van der Waals surface area contributed by atoms with Gasteiger partial charge in [0.05, 0.1) is 8.95 Å². The molecule has 0 aromatic heterocycles. The summed E-state index contributed by atoms with van der Waals surface area (Å²) in [6.07, 6.45) is 1.43. The van der Waals surface area contributed by atoms with Gasteiger partial charge in [-0.1, -0.05) is 17.7 Å². The summed E-state index contributed by atoms with van der Waals surface area (Å²) in [7, 11) is 0. The van der Waals surface area contributed by atoms with E-state index in [0.29, 0.717) is 25.2 Å². The first-order chi connectivity index (χ1) is 11.3. The Balaban J connectivity index is 2.32. The first-order valence-electron chi connectivity index (χ1n) is 6.69. The van der Waals surface area contributed by atoms with Gasteiger partial charge in [0.25, 0.3) is 5.91 Å². The van der Waals surface area contributed by atoms with Crippen molar-refractivity contribution in [3.05, 3.63) is 61.0 Å². The van der Waals surface area contributed by atoms with E-state index in [1.165, 1.54) is 6.08 Å². The number of nitrogens with zero attached hydrogens (tertiary/aromatic N) is 1. The minimum atomic E-state index is -0.539. The number of phenolic OH excluding ortho intramolecular Hbond substituents is 1. The van der Waals surface area contributed by atoms with Crippen molar-refractivity contribution >= 4 is 61.1 Å². The SMILES string of the molecule is Cc1ccc(Cl)cc1NC(=O)/C(C#N)=C/c1cc(Br)c(O)c(Br)c1. The Morgan fingerprint density at radius 1 is 1.29 bits per heavy atom. The number of benzene rings is 2. The van der Waals surface area contributed by atoms with Crippen LogP contribution in [-0.4, -0.2) is 11.0 Å². The van der Waals surface area contributed by atoms with Crippen molar-refractivity contribution in [2.75, 3.05) is 5.32 Å². The molecule has 2 rings (SSSR count). The summed E-state index contributed by atoms with van der Waals surface area (Å²) in [6.45, 7) is 1.83. The zero-order valence-corrected chi connectivity index (χ0v) is 16.3. The molecule has 2 N–H and O–H groups in total. The van der Waals surface area contributed by atoms with E-state index in [9.17, 15) is 15.2 Å². The average molecular weight is 471 g/mol. The van der Waals surface area contributed by atoms with Crippen LogP contribution in [0.25, 0.3) is 6.08 Å². The van der Waals surface area contributed by atoms with E-state index in [1.54, 1.807) is 30.3 Å². The van der Waals surface area contributed by atoms with Crippen LogP contribution in [0.5, 0.6) is 5.75 Å². The lowest BCUT2D eigenvalue weighted by molar-refractivity contribution is -0.112. The minimum absolute atomic E-state index is 0.0460. The fraction of sp³-hybridized carbons (Fsp3) is 0.0588. The van der Waals surface area contributed by atoms with Crippen LogP contribution in [0.3, 0.4) is 0 Å². The molecule has 0 aliphatic heterocycles. The number of halogens is 3. The van der Waals surface area contributed by atoms with E-state index >= 15 is 0 Å². The number of anilines is 1. The molecular weight excluding hydrogens is 459 g/mol. The third kappa shape index (κ3) is 4.38. The molecule has 0 fully saturated rings. The van der Waals surface area contributed by atoms with E-state index in [1.807, 2.05) is 13.0 Å². The van der Waals surface area contributed by atoms with Crippen molar-refractivity contribution in [2.24, 2.45) is 0 Å². The summed E-state index contributed by atoms with van der Waals surface area (Å²) in [5.41, 5.74) is 1.89. The van der Waals surface area contributed by atoms with Crippen LogP contribution in [0, 0.1) is 18.3 Å². The lowest BCUT2D eigenvalue weighted by Gasteiger charge is -2.08. The summed E-state index contributed by atoms with van der Waals surface area (Å²) in [6, 6.07) is 10.2. The highest BCUT2D eigenvalue weighted by Crippen LogP contribution is 2.34. The molecule has 2 aromatic rings. The van der Waals surface area contributed by atoms with Crippen molar-refractivity contribution in [1.29, 1.82) is 5.26 Å². The molecule has 24 heavy (non-hydrogen) atoms. The molecule has 0 heterocycles. The van der Waals surface area contributed by atoms with Crippen molar-refractivity contribution in [3.63, 3.8) is 0 Å². The molecule has 0 aliphatic carbocycles. The quantitative estimate of drug-likeness (QED) is 0.464. The van der Waals surface area contributed by atoms with Crippen LogP contribution >= 0.6 is 43.5 Å². The van der Waals surface area contributed by atoms with Crippen molar-refractivity contribution in [3.8, 4) is 11.8 Å². The highest BCUT2D eigenvalue weighted by molar-refractivity contribution is 9.11. The zero-order valence-electron chi connectivity index (χ0n) is 12.4. The summed E-state index contributed by atoms with van der Waals surface area (Å²) in [5.74, 6) is -0.493. The second-order valence-corrected chi connectivity index (χ2v) is 7.06. The number of amides is 1. The normalized spacial score (nSPS) is 11.0. The maximum Gasteiger partial charge on any atom is 0.266 e. The van der Waals surface area contributed by atoms with E-state index < -0.39 is 5.91 Å². The summed E-state index contributed by atoms with van der Waals surface area (Å²) >= 11 is 12.3. The van der Waals surface area contributed by atoms with Crippen molar-refractivity contribution in [2.45, 2.75) is 6.92 Å². The van der Waals surface area contributed by atoms with Gasteiger partial charge in [0.1, 0.15) is 17.4 Å². The molecule has 0 aliphatic rings. The van der Waals surface area contributed by atoms with Gasteiger partial charge in [-0.3, -0.25) is 4.79 Å². The second-order valence-electron chi connectivity index (χ2n) is 4.92. The van der Waals surface area contributed by atoms with Crippen LogP contribution in [0.2, 0.25) is 5.02 Å². The molecule has 2 aromatic carbocycles. The smallest absolute Gasteiger partial charge is 0.266 e. The van der Waals surface area contributed by atoms with Gasteiger partial charge in [-0.2, -0.15) is 5.26 Å². The van der Waals surface area contributed by atoms with Crippen LogP contribution < -0.4 is 5.32 Å². The number of phenols is 1. The number of carbonyl (C=O) groups is 1. The maximum absolute atomic E-state index is 12.3. The molecule has 0 atom stereocenters. The molecule has 0 spiro atoms. The second kappa shape index (κ2) is 7.84. The highest BCUT2D eigenvalue weighted by atomic mass is 79.9. The standard InChI is InChI=1S/C17H11Br2ClN2O2/c1-9-2-3-12(20)7-15(9)22-17(24)11(8-21)4-10-5-13(18)16(23)14(19)6-10/h2-7,23H,1H3,(H,22,24)/b11-4+. The fourth-order valence-corrected chi connectivity index (χ4v) is 3.30. The Hall–Kier alpha value is -1.81. The van der Waals surface area contributed by atoms with Gasteiger partial charge in [0.2, 0.25) is 0 Å². The number of hydrogen-bond acceptors (Lipinski definition) is 3. The molecule has 1 amide bonds. The molecule has 4 nitrogen and oxygen atoms in total. The zero-order chi connectivity index (χ0) is 17.9. The number of aromatic hydroxyl groups is 1. The topological polar surface area (TPSA) is 73.1 Å². The van der Waals surface area contributed by atoms with E-state index in [2.05, 4.69) is 37.2 Å². The van der Waals surface area contributed by atoms with E-state index in [0.717, 1.165) is 5.56 Å². The molecular formula is C17H11Br2ClN2O2. The Bertz CT molecular complexity index is 866. The third-order valence-corrected chi connectivity index (χ3v) is 4.61. The summed E-state index contributed by atoms with van der Waals surface area (Å²) in [5, 5.41) is 22.2.